The average Bonchev–Trinajstić information content (AvgIpc) is 2.35. The van der Waals surface area contributed by atoms with Crippen LogP contribution in [0.2, 0.25) is 0 Å². The van der Waals surface area contributed by atoms with E-state index in [4.69, 9.17) is 4.74 Å². The molecule has 0 radical (unpaired) electrons. The van der Waals surface area contributed by atoms with Crippen molar-refractivity contribution < 1.29 is 9.84 Å². The zero-order valence-corrected chi connectivity index (χ0v) is 11.8. The van der Waals surface area contributed by atoms with Gasteiger partial charge in [0.25, 0.3) is 0 Å². The van der Waals surface area contributed by atoms with E-state index < -0.39 is 6.10 Å². The van der Waals surface area contributed by atoms with E-state index >= 15 is 0 Å². The summed E-state index contributed by atoms with van der Waals surface area (Å²) < 4.78 is 5.89. The fourth-order valence-corrected chi connectivity index (χ4v) is 2.02. The van der Waals surface area contributed by atoms with Crippen molar-refractivity contribution in [2.24, 2.45) is 0 Å². The Morgan fingerprint density at radius 2 is 1.95 bits per heavy atom. The summed E-state index contributed by atoms with van der Waals surface area (Å²) in [6.45, 7) is 7.82. The standard InChI is InChI=1S/C16H19NO2/c1-10-8-11(2)12(3)15(9-10)19-16-14(13(4)18)6-5-7-17-16/h5-9,13,18H,1-4H3/t13-/m0/s1. The summed E-state index contributed by atoms with van der Waals surface area (Å²) >= 11 is 0. The predicted octanol–water partition coefficient (Wildman–Crippen LogP) is 3.85. The molecule has 0 spiro atoms. The van der Waals surface area contributed by atoms with Gasteiger partial charge in [0, 0.05) is 11.8 Å². The Balaban J connectivity index is 2.42. The Bertz CT molecular complexity index is 591. The minimum absolute atomic E-state index is 0.464. The lowest BCUT2D eigenvalue weighted by Crippen LogP contribution is -1.99. The van der Waals surface area contributed by atoms with Crippen molar-refractivity contribution in [2.75, 3.05) is 0 Å². The molecule has 1 heterocycles. The number of aliphatic hydroxyl groups excluding tert-OH is 1. The van der Waals surface area contributed by atoms with Crippen LogP contribution >= 0.6 is 0 Å². The highest BCUT2D eigenvalue weighted by molar-refractivity contribution is 5.44. The SMILES string of the molecule is Cc1cc(C)c(C)c(Oc2ncccc2[C@H](C)O)c1. The molecule has 0 amide bonds. The van der Waals surface area contributed by atoms with E-state index in [9.17, 15) is 5.11 Å². The van der Waals surface area contributed by atoms with Crippen LogP contribution in [0.3, 0.4) is 0 Å². The van der Waals surface area contributed by atoms with Crippen molar-refractivity contribution in [3.8, 4) is 11.6 Å². The van der Waals surface area contributed by atoms with Gasteiger partial charge in [-0.25, -0.2) is 4.98 Å². The largest absolute Gasteiger partial charge is 0.438 e. The van der Waals surface area contributed by atoms with Crippen molar-refractivity contribution in [3.05, 3.63) is 52.7 Å². The molecule has 0 aliphatic rings. The topological polar surface area (TPSA) is 42.4 Å². The molecule has 0 saturated heterocycles. The Hall–Kier alpha value is -1.87. The minimum Gasteiger partial charge on any atom is -0.438 e. The van der Waals surface area contributed by atoms with Crippen LogP contribution in [0, 0.1) is 20.8 Å². The molecule has 100 valence electrons. The minimum atomic E-state index is -0.602. The molecule has 0 fully saturated rings. The number of rotatable bonds is 3. The lowest BCUT2D eigenvalue weighted by molar-refractivity contribution is 0.194. The smallest absolute Gasteiger partial charge is 0.225 e. The highest BCUT2D eigenvalue weighted by Gasteiger charge is 2.12. The van der Waals surface area contributed by atoms with Gasteiger partial charge in [-0.15, -0.1) is 0 Å². The van der Waals surface area contributed by atoms with E-state index in [0.717, 1.165) is 16.9 Å². The third-order valence-corrected chi connectivity index (χ3v) is 3.22. The molecule has 1 N–H and O–H groups in total. The van der Waals surface area contributed by atoms with Gasteiger partial charge < -0.3 is 9.84 Å². The van der Waals surface area contributed by atoms with Crippen LogP contribution in [0.5, 0.6) is 11.6 Å². The zero-order valence-electron chi connectivity index (χ0n) is 11.8. The van der Waals surface area contributed by atoms with Gasteiger partial charge in [-0.1, -0.05) is 6.07 Å². The summed E-state index contributed by atoms with van der Waals surface area (Å²) in [5.41, 5.74) is 4.12. The molecule has 3 nitrogen and oxygen atoms in total. The van der Waals surface area contributed by atoms with E-state index in [1.807, 2.05) is 26.0 Å². The van der Waals surface area contributed by atoms with Gasteiger partial charge in [-0.05, 0) is 62.6 Å². The van der Waals surface area contributed by atoms with Crippen LogP contribution in [-0.2, 0) is 0 Å². The molecule has 0 bridgehead atoms. The van der Waals surface area contributed by atoms with Gasteiger partial charge in [0.1, 0.15) is 5.75 Å². The van der Waals surface area contributed by atoms with Crippen molar-refractivity contribution in [3.63, 3.8) is 0 Å². The second kappa shape index (κ2) is 5.41. The molecule has 0 aliphatic carbocycles. The van der Waals surface area contributed by atoms with E-state index in [-0.39, 0.29) is 0 Å². The van der Waals surface area contributed by atoms with Gasteiger partial charge in [0.2, 0.25) is 5.88 Å². The number of aliphatic hydroxyl groups is 1. The number of aryl methyl sites for hydroxylation is 2. The fraction of sp³-hybridized carbons (Fsp3) is 0.312. The molecule has 0 unspecified atom stereocenters. The molecule has 3 heteroatoms. The van der Waals surface area contributed by atoms with Crippen molar-refractivity contribution in [2.45, 2.75) is 33.8 Å². The third kappa shape index (κ3) is 2.93. The molecule has 1 aromatic heterocycles. The molecule has 2 aromatic rings. The summed E-state index contributed by atoms with van der Waals surface area (Å²) in [7, 11) is 0. The summed E-state index contributed by atoms with van der Waals surface area (Å²) in [6.07, 6.45) is 1.06. The first-order valence-corrected chi connectivity index (χ1v) is 6.37. The van der Waals surface area contributed by atoms with Gasteiger partial charge in [-0.3, -0.25) is 0 Å². The molecule has 1 aromatic carbocycles. The maximum absolute atomic E-state index is 9.74. The Morgan fingerprint density at radius 3 is 2.63 bits per heavy atom. The van der Waals surface area contributed by atoms with E-state index in [0.29, 0.717) is 11.4 Å². The number of hydrogen-bond acceptors (Lipinski definition) is 3. The van der Waals surface area contributed by atoms with Gasteiger partial charge in [0.05, 0.1) is 6.10 Å². The quantitative estimate of drug-likeness (QED) is 0.908. The Labute approximate surface area is 113 Å². The number of ether oxygens (including phenoxy) is 1. The second-order valence-corrected chi connectivity index (χ2v) is 4.88. The average molecular weight is 257 g/mol. The van der Waals surface area contributed by atoms with Gasteiger partial charge >= 0.3 is 0 Å². The second-order valence-electron chi connectivity index (χ2n) is 4.88. The monoisotopic (exact) mass is 257 g/mol. The summed E-state index contributed by atoms with van der Waals surface area (Å²) in [5, 5.41) is 9.74. The summed E-state index contributed by atoms with van der Waals surface area (Å²) in [4.78, 5) is 4.21. The molecular formula is C16H19NO2. The lowest BCUT2D eigenvalue weighted by atomic mass is 10.1. The number of aromatic nitrogens is 1. The Kier molecular flexibility index (Phi) is 3.86. The molecule has 0 aliphatic heterocycles. The highest BCUT2D eigenvalue weighted by atomic mass is 16.5. The maximum atomic E-state index is 9.74. The molecule has 19 heavy (non-hydrogen) atoms. The Morgan fingerprint density at radius 1 is 1.21 bits per heavy atom. The number of hydrogen-bond donors (Lipinski definition) is 1. The van der Waals surface area contributed by atoms with E-state index in [1.165, 1.54) is 5.56 Å². The van der Waals surface area contributed by atoms with Crippen LogP contribution in [0.4, 0.5) is 0 Å². The highest BCUT2D eigenvalue weighted by Crippen LogP contribution is 2.31. The molecule has 2 rings (SSSR count). The zero-order chi connectivity index (χ0) is 14.0. The predicted molar refractivity (Wildman–Crippen MR) is 75.6 cm³/mol. The van der Waals surface area contributed by atoms with Crippen LogP contribution in [0.15, 0.2) is 30.5 Å². The van der Waals surface area contributed by atoms with Crippen molar-refractivity contribution in [1.82, 2.24) is 4.98 Å². The molecule has 0 saturated carbocycles. The van der Waals surface area contributed by atoms with E-state index in [2.05, 4.69) is 18.0 Å². The van der Waals surface area contributed by atoms with Crippen LogP contribution in [0.25, 0.3) is 0 Å². The molecule has 1 atom stereocenters. The lowest BCUT2D eigenvalue weighted by Gasteiger charge is -2.14. The number of nitrogens with zero attached hydrogens (tertiary/aromatic N) is 1. The number of pyridine rings is 1. The summed E-state index contributed by atoms with van der Waals surface area (Å²) in [5.74, 6) is 1.25. The van der Waals surface area contributed by atoms with Crippen molar-refractivity contribution in [1.29, 1.82) is 0 Å². The third-order valence-electron chi connectivity index (χ3n) is 3.22. The first kappa shape index (κ1) is 13.6. The van der Waals surface area contributed by atoms with Crippen LogP contribution < -0.4 is 4.74 Å². The van der Waals surface area contributed by atoms with Crippen molar-refractivity contribution >= 4 is 0 Å². The normalized spacial score (nSPS) is 12.3. The maximum Gasteiger partial charge on any atom is 0.225 e. The fourth-order valence-electron chi connectivity index (χ4n) is 2.02. The number of benzene rings is 1. The molecular weight excluding hydrogens is 238 g/mol. The van der Waals surface area contributed by atoms with Gasteiger partial charge in [-0.2, -0.15) is 0 Å². The first-order chi connectivity index (χ1) is 8.99. The first-order valence-electron chi connectivity index (χ1n) is 6.37. The van der Waals surface area contributed by atoms with E-state index in [1.54, 1.807) is 19.2 Å². The van der Waals surface area contributed by atoms with Gasteiger partial charge in [0.15, 0.2) is 0 Å². The summed E-state index contributed by atoms with van der Waals surface area (Å²) in [6, 6.07) is 7.73. The van der Waals surface area contributed by atoms with Crippen LogP contribution in [0.1, 0.15) is 35.3 Å². The van der Waals surface area contributed by atoms with Crippen LogP contribution in [-0.4, -0.2) is 10.1 Å².